The van der Waals surface area contributed by atoms with Crippen LogP contribution in [0.1, 0.15) is 5.56 Å². The molecule has 0 unspecified atom stereocenters. The Morgan fingerprint density at radius 2 is 1.36 bits per heavy atom. The first-order valence-electron chi connectivity index (χ1n) is 2.46. The van der Waals surface area contributed by atoms with Crippen LogP contribution in [0.5, 0.6) is 0 Å². The maximum absolute atomic E-state index is 12.1. The zero-order valence-electron chi connectivity index (χ0n) is 5.78. The predicted molar refractivity (Wildman–Crippen MR) is 36.6 cm³/mol. The smallest absolute Gasteiger partial charge is 1.00 e. The first-order chi connectivity index (χ1) is 4.18. The van der Waals surface area contributed by atoms with E-state index < -0.39 is 11.6 Å². The summed E-state index contributed by atoms with van der Waals surface area (Å²) in [6.45, 7) is 3.36. The van der Waals surface area contributed by atoms with Gasteiger partial charge in [-0.25, -0.2) is 8.78 Å². The van der Waals surface area contributed by atoms with E-state index in [2.05, 4.69) is 6.92 Å². The molecule has 0 N–H and O–H groups in total. The zero-order chi connectivity index (χ0) is 6.85. The molecular weight excluding hydrogens is 182 g/mol. The average Bonchev–Trinajstić information content (AvgIpc) is 1.59. The summed E-state index contributed by atoms with van der Waals surface area (Å²) in [5, 5.41) is 0. The molecule has 4 heteroatoms. The van der Waals surface area contributed by atoms with Gasteiger partial charge in [-0.05, 0) is 6.07 Å². The molecule has 0 aliphatic carbocycles. The molecule has 56 valence electrons. The van der Waals surface area contributed by atoms with Crippen molar-refractivity contribution < 1.29 is 21.2 Å². The summed E-state index contributed by atoms with van der Waals surface area (Å²) < 4.78 is 24.3. The van der Waals surface area contributed by atoms with Gasteiger partial charge in [0, 0.05) is 0 Å². The third kappa shape index (κ3) is 4.45. The van der Waals surface area contributed by atoms with Crippen LogP contribution in [0.25, 0.3) is 0 Å². The molecular formula is C7H5ClF2Mg. The van der Waals surface area contributed by atoms with Crippen molar-refractivity contribution in [3.8, 4) is 0 Å². The molecule has 11 heavy (non-hydrogen) atoms. The first kappa shape index (κ1) is 13.6. The quantitative estimate of drug-likeness (QED) is 0.352. The Morgan fingerprint density at radius 1 is 1.00 bits per heavy atom. The van der Waals surface area contributed by atoms with Crippen molar-refractivity contribution in [1.29, 1.82) is 0 Å². The normalized spacial score (nSPS) is 7.82. The summed E-state index contributed by atoms with van der Waals surface area (Å²) in [4.78, 5) is 0. The summed E-state index contributed by atoms with van der Waals surface area (Å²) >= 11 is 0. The fourth-order valence-corrected chi connectivity index (χ4v) is 0.611. The van der Waals surface area contributed by atoms with E-state index in [0.717, 1.165) is 6.07 Å². The molecule has 0 nitrogen and oxygen atoms in total. The number of hydrogen-bond acceptors (Lipinski definition) is 0. The van der Waals surface area contributed by atoms with Crippen LogP contribution in [-0.2, 0) is 0 Å². The molecule has 1 rings (SSSR count). The van der Waals surface area contributed by atoms with E-state index in [-0.39, 0.29) is 35.5 Å². The van der Waals surface area contributed by atoms with Gasteiger partial charge < -0.3 is 12.4 Å². The second-order valence-corrected chi connectivity index (χ2v) is 1.78. The molecule has 1 aromatic rings. The van der Waals surface area contributed by atoms with Crippen molar-refractivity contribution in [3.63, 3.8) is 0 Å². The topological polar surface area (TPSA) is 0 Å². The van der Waals surface area contributed by atoms with E-state index in [1.54, 1.807) is 0 Å². The average molecular weight is 187 g/mol. The Hall–Kier alpha value is 0.00623. The van der Waals surface area contributed by atoms with Gasteiger partial charge in [-0.2, -0.15) is 12.5 Å². The number of hydrogen-bond donors (Lipinski definition) is 0. The van der Waals surface area contributed by atoms with Crippen LogP contribution in [-0.4, -0.2) is 23.1 Å². The van der Waals surface area contributed by atoms with Gasteiger partial charge in [-0.15, -0.1) is 12.1 Å². The van der Waals surface area contributed by atoms with Gasteiger partial charge in [0.25, 0.3) is 0 Å². The van der Waals surface area contributed by atoms with E-state index in [1.165, 1.54) is 12.1 Å². The molecule has 0 atom stereocenters. The summed E-state index contributed by atoms with van der Waals surface area (Å²) in [7, 11) is 0. The second-order valence-electron chi connectivity index (χ2n) is 1.78. The van der Waals surface area contributed by atoms with Crippen molar-refractivity contribution in [1.82, 2.24) is 0 Å². The van der Waals surface area contributed by atoms with Gasteiger partial charge in [0.15, 0.2) is 0 Å². The number of rotatable bonds is 0. The molecule has 0 spiro atoms. The first-order valence-corrected chi connectivity index (χ1v) is 2.46. The predicted octanol–water partition coefficient (Wildman–Crippen LogP) is -1.23. The van der Waals surface area contributed by atoms with E-state index in [9.17, 15) is 8.78 Å². The standard InChI is InChI=1S/C7H5F2.ClH.Mg/c1-5-2-6(8)4-7(9)3-5;;/h2-4H,1H2;1H;/q-1;;+2/p-1. The van der Waals surface area contributed by atoms with Crippen LogP contribution < -0.4 is 12.4 Å². The van der Waals surface area contributed by atoms with Gasteiger partial charge in [-0.1, -0.05) is 0 Å². The minimum Gasteiger partial charge on any atom is -1.00 e. The Labute approximate surface area is 86.6 Å². The minimum absolute atomic E-state index is 0. The fourth-order valence-electron chi connectivity index (χ4n) is 0.611. The summed E-state index contributed by atoms with van der Waals surface area (Å²) in [6.07, 6.45) is 0. The van der Waals surface area contributed by atoms with E-state index in [4.69, 9.17) is 0 Å². The van der Waals surface area contributed by atoms with Crippen LogP contribution in [0, 0.1) is 18.6 Å². The molecule has 0 aliphatic rings. The SMILES string of the molecule is [CH2-]c1cc(F)cc(F)c1.[Cl-].[Mg+2]. The van der Waals surface area contributed by atoms with E-state index >= 15 is 0 Å². The van der Waals surface area contributed by atoms with Gasteiger partial charge in [0.1, 0.15) is 0 Å². The fraction of sp³-hybridized carbons (Fsp3) is 0. The van der Waals surface area contributed by atoms with Crippen LogP contribution in [0.3, 0.4) is 0 Å². The van der Waals surface area contributed by atoms with Crippen LogP contribution in [0.2, 0.25) is 0 Å². The monoisotopic (exact) mass is 186 g/mol. The molecule has 0 heterocycles. The van der Waals surface area contributed by atoms with Crippen molar-refractivity contribution in [2.45, 2.75) is 0 Å². The van der Waals surface area contributed by atoms with Gasteiger partial charge in [-0.3, -0.25) is 0 Å². The third-order valence-corrected chi connectivity index (χ3v) is 0.922. The van der Waals surface area contributed by atoms with Crippen molar-refractivity contribution in [3.05, 3.63) is 42.3 Å². The number of benzene rings is 1. The Bertz CT molecular complexity index is 177. The van der Waals surface area contributed by atoms with Gasteiger partial charge in [0.05, 0.1) is 11.6 Å². The summed E-state index contributed by atoms with van der Waals surface area (Å²) in [5.41, 5.74) is 0.354. The van der Waals surface area contributed by atoms with Gasteiger partial charge in [0.2, 0.25) is 0 Å². The number of halogens is 3. The molecule has 0 saturated heterocycles. The van der Waals surface area contributed by atoms with Crippen LogP contribution in [0.4, 0.5) is 8.78 Å². The Kier molecular flexibility index (Phi) is 6.95. The van der Waals surface area contributed by atoms with Crippen molar-refractivity contribution in [2.24, 2.45) is 0 Å². The largest absolute Gasteiger partial charge is 2.00 e. The third-order valence-electron chi connectivity index (χ3n) is 0.922. The zero-order valence-corrected chi connectivity index (χ0v) is 7.95. The minimum atomic E-state index is -0.583. The molecule has 0 fully saturated rings. The molecule has 1 aromatic carbocycles. The van der Waals surface area contributed by atoms with Crippen molar-refractivity contribution in [2.75, 3.05) is 0 Å². The maximum Gasteiger partial charge on any atom is 2.00 e. The molecule has 0 aromatic heterocycles. The Balaban J connectivity index is 0. The van der Waals surface area contributed by atoms with Crippen molar-refractivity contribution >= 4 is 23.1 Å². The Morgan fingerprint density at radius 3 is 1.64 bits per heavy atom. The molecule has 0 saturated carbocycles. The second kappa shape index (κ2) is 5.63. The molecule has 0 aliphatic heterocycles. The molecule has 0 bridgehead atoms. The van der Waals surface area contributed by atoms with E-state index in [0.29, 0.717) is 5.56 Å². The summed E-state index contributed by atoms with van der Waals surface area (Å²) in [6, 6.07) is 3.15. The van der Waals surface area contributed by atoms with Crippen LogP contribution in [0.15, 0.2) is 18.2 Å². The summed E-state index contributed by atoms with van der Waals surface area (Å²) in [5.74, 6) is -1.17. The van der Waals surface area contributed by atoms with Gasteiger partial charge >= 0.3 is 23.1 Å². The van der Waals surface area contributed by atoms with Crippen LogP contribution >= 0.6 is 0 Å². The van der Waals surface area contributed by atoms with E-state index in [1.807, 2.05) is 0 Å². The molecule has 0 radical (unpaired) electrons. The molecule has 0 amide bonds. The maximum atomic E-state index is 12.1.